The summed E-state index contributed by atoms with van der Waals surface area (Å²) in [5, 5.41) is 3.67. The normalized spacial score (nSPS) is 26.8. The second kappa shape index (κ2) is 7.64. The minimum absolute atomic E-state index is 0.127. The Morgan fingerprint density at radius 3 is 2.11 bits per heavy atom. The third-order valence-electron chi connectivity index (χ3n) is 5.38. The smallest absolute Gasteiger partial charge is 0.0837 e. The van der Waals surface area contributed by atoms with Gasteiger partial charge in [0.25, 0.3) is 0 Å². The van der Waals surface area contributed by atoms with E-state index >= 15 is 0 Å². The van der Waals surface area contributed by atoms with E-state index in [4.69, 9.17) is 4.74 Å². The molecule has 0 aromatic rings. The molecule has 0 bridgehead atoms. The summed E-state index contributed by atoms with van der Waals surface area (Å²) < 4.78 is 6.39. The molecular formula is C17H33NO. The molecule has 2 saturated carbocycles. The van der Waals surface area contributed by atoms with Crippen molar-refractivity contribution in [2.75, 3.05) is 13.7 Å². The minimum Gasteiger partial charge on any atom is -0.374 e. The lowest BCUT2D eigenvalue weighted by Gasteiger charge is -2.45. The Morgan fingerprint density at radius 2 is 1.58 bits per heavy atom. The molecule has 2 aliphatic carbocycles. The lowest BCUT2D eigenvalue weighted by atomic mass is 9.73. The highest BCUT2D eigenvalue weighted by molar-refractivity contribution is 4.98. The quantitative estimate of drug-likeness (QED) is 0.751. The summed E-state index contributed by atoms with van der Waals surface area (Å²) in [6, 6.07) is 0.575. The standard InChI is InChI=1S/C17H33NO/c1-3-19-17(13-9-4-5-10-14-17)16(18-2)15-11-7-6-8-12-15/h15-16,18H,3-14H2,1-2H3. The molecule has 0 heterocycles. The van der Waals surface area contributed by atoms with E-state index in [9.17, 15) is 0 Å². The summed E-state index contributed by atoms with van der Waals surface area (Å²) in [4.78, 5) is 0. The molecule has 2 rings (SSSR count). The maximum atomic E-state index is 6.39. The predicted molar refractivity (Wildman–Crippen MR) is 81.5 cm³/mol. The third kappa shape index (κ3) is 3.72. The third-order valence-corrected chi connectivity index (χ3v) is 5.38. The van der Waals surface area contributed by atoms with Gasteiger partial charge in [0.1, 0.15) is 0 Å². The summed E-state index contributed by atoms with van der Waals surface area (Å²) in [6.07, 6.45) is 15.1. The second-order valence-electron chi connectivity index (χ2n) is 6.58. The van der Waals surface area contributed by atoms with Gasteiger partial charge in [-0.1, -0.05) is 44.9 Å². The molecule has 1 unspecified atom stereocenters. The molecule has 2 fully saturated rings. The maximum absolute atomic E-state index is 6.39. The van der Waals surface area contributed by atoms with Crippen LogP contribution in [0.15, 0.2) is 0 Å². The molecule has 0 spiro atoms. The Hall–Kier alpha value is -0.0800. The molecule has 2 nitrogen and oxygen atoms in total. The van der Waals surface area contributed by atoms with Gasteiger partial charge in [-0.25, -0.2) is 0 Å². The minimum atomic E-state index is 0.127. The molecule has 1 N–H and O–H groups in total. The first-order valence-corrected chi connectivity index (χ1v) is 8.63. The van der Waals surface area contributed by atoms with Crippen molar-refractivity contribution in [3.8, 4) is 0 Å². The lowest BCUT2D eigenvalue weighted by molar-refractivity contribution is -0.0916. The Labute approximate surface area is 119 Å². The van der Waals surface area contributed by atoms with Gasteiger partial charge < -0.3 is 10.1 Å². The molecule has 112 valence electrons. The molecule has 0 radical (unpaired) electrons. The van der Waals surface area contributed by atoms with Crippen LogP contribution in [-0.4, -0.2) is 25.3 Å². The number of likely N-dealkylation sites (N-methyl/N-ethyl adjacent to an activating group) is 1. The highest BCUT2D eigenvalue weighted by Crippen LogP contribution is 2.40. The van der Waals surface area contributed by atoms with Gasteiger partial charge >= 0.3 is 0 Å². The molecule has 2 aliphatic rings. The molecule has 0 aromatic carbocycles. The van der Waals surface area contributed by atoms with Crippen LogP contribution in [0, 0.1) is 5.92 Å². The van der Waals surface area contributed by atoms with Crippen LogP contribution in [0.3, 0.4) is 0 Å². The number of hydrogen-bond donors (Lipinski definition) is 1. The van der Waals surface area contributed by atoms with Crippen molar-refractivity contribution in [2.24, 2.45) is 5.92 Å². The number of rotatable bonds is 5. The zero-order chi connectivity index (χ0) is 13.6. The number of ether oxygens (including phenoxy) is 1. The Kier molecular flexibility index (Phi) is 6.15. The first-order valence-electron chi connectivity index (χ1n) is 8.63. The van der Waals surface area contributed by atoms with E-state index in [1.165, 1.54) is 70.6 Å². The maximum Gasteiger partial charge on any atom is 0.0837 e. The van der Waals surface area contributed by atoms with E-state index in [0.717, 1.165) is 12.5 Å². The van der Waals surface area contributed by atoms with Crippen LogP contribution in [0.25, 0.3) is 0 Å². The van der Waals surface area contributed by atoms with E-state index in [0.29, 0.717) is 6.04 Å². The van der Waals surface area contributed by atoms with Crippen molar-refractivity contribution in [3.63, 3.8) is 0 Å². The average molecular weight is 267 g/mol. The van der Waals surface area contributed by atoms with E-state index in [1.54, 1.807) is 0 Å². The van der Waals surface area contributed by atoms with Crippen molar-refractivity contribution in [1.82, 2.24) is 5.32 Å². The van der Waals surface area contributed by atoms with Gasteiger partial charge in [0.05, 0.1) is 5.60 Å². The Bertz CT molecular complexity index is 240. The molecule has 0 aliphatic heterocycles. The SMILES string of the molecule is CCOC1(C(NC)C2CCCCC2)CCCCCC1. The monoisotopic (exact) mass is 267 g/mol. The molecular weight excluding hydrogens is 234 g/mol. The summed E-state index contributed by atoms with van der Waals surface area (Å²) >= 11 is 0. The van der Waals surface area contributed by atoms with Gasteiger partial charge in [0, 0.05) is 12.6 Å². The summed E-state index contributed by atoms with van der Waals surface area (Å²) in [7, 11) is 2.16. The topological polar surface area (TPSA) is 21.3 Å². The number of hydrogen-bond acceptors (Lipinski definition) is 2. The van der Waals surface area contributed by atoms with Gasteiger partial charge in [-0.3, -0.25) is 0 Å². The van der Waals surface area contributed by atoms with Crippen molar-refractivity contribution >= 4 is 0 Å². The summed E-state index contributed by atoms with van der Waals surface area (Å²) in [5.74, 6) is 0.836. The zero-order valence-corrected chi connectivity index (χ0v) is 13.0. The molecule has 0 amide bonds. The van der Waals surface area contributed by atoms with Gasteiger partial charge in [0.15, 0.2) is 0 Å². The molecule has 2 heteroatoms. The van der Waals surface area contributed by atoms with Crippen LogP contribution >= 0.6 is 0 Å². The number of nitrogens with one attached hydrogen (secondary N) is 1. The highest BCUT2D eigenvalue weighted by atomic mass is 16.5. The van der Waals surface area contributed by atoms with Crippen LogP contribution < -0.4 is 5.32 Å². The van der Waals surface area contributed by atoms with Crippen LogP contribution in [0.5, 0.6) is 0 Å². The average Bonchev–Trinajstić information content (AvgIpc) is 2.68. The lowest BCUT2D eigenvalue weighted by Crippen LogP contribution is -2.55. The van der Waals surface area contributed by atoms with E-state index in [-0.39, 0.29) is 5.60 Å². The first-order chi connectivity index (χ1) is 9.32. The fourth-order valence-corrected chi connectivity index (χ4v) is 4.56. The van der Waals surface area contributed by atoms with Crippen molar-refractivity contribution in [1.29, 1.82) is 0 Å². The van der Waals surface area contributed by atoms with Crippen LogP contribution in [0.2, 0.25) is 0 Å². The first kappa shape index (κ1) is 15.3. The van der Waals surface area contributed by atoms with Gasteiger partial charge in [-0.15, -0.1) is 0 Å². The van der Waals surface area contributed by atoms with E-state index in [1.807, 2.05) is 0 Å². The largest absolute Gasteiger partial charge is 0.374 e. The van der Waals surface area contributed by atoms with Crippen LogP contribution in [0.4, 0.5) is 0 Å². The van der Waals surface area contributed by atoms with Crippen molar-refractivity contribution in [2.45, 2.75) is 89.2 Å². The van der Waals surface area contributed by atoms with Crippen molar-refractivity contribution < 1.29 is 4.74 Å². The Balaban J connectivity index is 2.12. The van der Waals surface area contributed by atoms with Crippen LogP contribution in [0.1, 0.15) is 77.6 Å². The highest BCUT2D eigenvalue weighted by Gasteiger charge is 2.42. The van der Waals surface area contributed by atoms with Crippen molar-refractivity contribution in [3.05, 3.63) is 0 Å². The molecule has 19 heavy (non-hydrogen) atoms. The summed E-state index contributed by atoms with van der Waals surface area (Å²) in [6.45, 7) is 3.03. The molecule has 1 atom stereocenters. The van der Waals surface area contributed by atoms with E-state index < -0.39 is 0 Å². The van der Waals surface area contributed by atoms with Gasteiger partial charge in [0.2, 0.25) is 0 Å². The fraction of sp³-hybridized carbons (Fsp3) is 1.00. The van der Waals surface area contributed by atoms with E-state index in [2.05, 4.69) is 19.3 Å². The molecule has 0 saturated heterocycles. The Morgan fingerprint density at radius 1 is 1.00 bits per heavy atom. The fourth-order valence-electron chi connectivity index (χ4n) is 4.56. The van der Waals surface area contributed by atoms with Gasteiger partial charge in [-0.05, 0) is 45.6 Å². The zero-order valence-electron chi connectivity index (χ0n) is 13.0. The second-order valence-corrected chi connectivity index (χ2v) is 6.58. The van der Waals surface area contributed by atoms with Gasteiger partial charge in [-0.2, -0.15) is 0 Å². The summed E-state index contributed by atoms with van der Waals surface area (Å²) in [5.41, 5.74) is 0.127. The predicted octanol–water partition coefficient (Wildman–Crippen LogP) is 4.28. The van der Waals surface area contributed by atoms with Crippen LogP contribution in [-0.2, 0) is 4.74 Å². The molecule has 0 aromatic heterocycles.